The fraction of sp³-hybridized carbons (Fsp3) is 0.300. The van der Waals surface area contributed by atoms with Crippen molar-refractivity contribution in [3.05, 3.63) is 47.5 Å². The highest BCUT2D eigenvalue weighted by Crippen LogP contribution is 2.40. The SMILES string of the molecule is CCCC(=O)Nc1ccc2c(c1)C(=O)C[C@@H](c1ccc3c(c1)OCO3)O2. The first-order chi connectivity index (χ1) is 12.6. The number of rotatable bonds is 4. The molecule has 6 heteroatoms. The molecule has 0 fully saturated rings. The number of nitrogens with one attached hydrogen (secondary N) is 1. The van der Waals surface area contributed by atoms with Crippen LogP contribution in [0.15, 0.2) is 36.4 Å². The van der Waals surface area contributed by atoms with Gasteiger partial charge in [0.25, 0.3) is 0 Å². The molecule has 2 heterocycles. The summed E-state index contributed by atoms with van der Waals surface area (Å²) < 4.78 is 16.7. The van der Waals surface area contributed by atoms with Crippen LogP contribution in [0.2, 0.25) is 0 Å². The third-order valence-corrected chi connectivity index (χ3v) is 4.45. The molecule has 26 heavy (non-hydrogen) atoms. The summed E-state index contributed by atoms with van der Waals surface area (Å²) in [6, 6.07) is 10.7. The summed E-state index contributed by atoms with van der Waals surface area (Å²) in [5.74, 6) is 1.81. The molecular formula is C20H19NO5. The van der Waals surface area contributed by atoms with E-state index >= 15 is 0 Å². The van der Waals surface area contributed by atoms with Gasteiger partial charge in [0.05, 0.1) is 12.0 Å². The second-order valence-corrected chi connectivity index (χ2v) is 6.36. The maximum Gasteiger partial charge on any atom is 0.231 e. The lowest BCUT2D eigenvalue weighted by molar-refractivity contribution is -0.116. The molecule has 1 atom stereocenters. The van der Waals surface area contributed by atoms with Gasteiger partial charge in [0.1, 0.15) is 11.9 Å². The summed E-state index contributed by atoms with van der Waals surface area (Å²) in [5.41, 5.74) is 1.98. The fourth-order valence-corrected chi connectivity index (χ4v) is 3.15. The van der Waals surface area contributed by atoms with E-state index in [9.17, 15) is 9.59 Å². The third-order valence-electron chi connectivity index (χ3n) is 4.45. The Morgan fingerprint density at radius 3 is 2.77 bits per heavy atom. The molecule has 1 amide bonds. The zero-order chi connectivity index (χ0) is 18.1. The Labute approximate surface area is 151 Å². The number of ether oxygens (including phenoxy) is 3. The Kier molecular flexibility index (Phi) is 4.24. The maximum absolute atomic E-state index is 12.6. The van der Waals surface area contributed by atoms with E-state index in [4.69, 9.17) is 14.2 Å². The van der Waals surface area contributed by atoms with Gasteiger partial charge in [-0.05, 0) is 42.3 Å². The van der Waals surface area contributed by atoms with Crippen LogP contribution in [0.1, 0.15) is 48.2 Å². The summed E-state index contributed by atoms with van der Waals surface area (Å²) in [6.45, 7) is 2.15. The van der Waals surface area contributed by atoms with Crippen molar-refractivity contribution in [3.8, 4) is 17.2 Å². The number of ketones is 1. The van der Waals surface area contributed by atoms with E-state index < -0.39 is 0 Å². The van der Waals surface area contributed by atoms with E-state index in [2.05, 4.69) is 5.32 Å². The average Bonchev–Trinajstić information content (AvgIpc) is 3.10. The van der Waals surface area contributed by atoms with Gasteiger partial charge >= 0.3 is 0 Å². The predicted molar refractivity (Wildman–Crippen MR) is 94.9 cm³/mol. The molecule has 0 bridgehead atoms. The van der Waals surface area contributed by atoms with Crippen molar-refractivity contribution in [2.24, 2.45) is 0 Å². The molecule has 0 aromatic heterocycles. The normalized spacial score (nSPS) is 17.4. The van der Waals surface area contributed by atoms with Crippen molar-refractivity contribution in [1.82, 2.24) is 0 Å². The van der Waals surface area contributed by atoms with Crippen LogP contribution in [0.5, 0.6) is 17.2 Å². The predicted octanol–water partition coefficient (Wildman–Crippen LogP) is 3.86. The molecule has 2 aromatic carbocycles. The van der Waals surface area contributed by atoms with Crippen LogP contribution < -0.4 is 19.5 Å². The van der Waals surface area contributed by atoms with Crippen LogP contribution in [-0.4, -0.2) is 18.5 Å². The van der Waals surface area contributed by atoms with Crippen molar-refractivity contribution in [2.75, 3.05) is 12.1 Å². The Balaban J connectivity index is 1.55. The van der Waals surface area contributed by atoms with Crippen LogP contribution in [-0.2, 0) is 4.79 Å². The van der Waals surface area contributed by atoms with Crippen molar-refractivity contribution in [2.45, 2.75) is 32.3 Å². The highest BCUT2D eigenvalue weighted by molar-refractivity contribution is 6.02. The molecule has 134 valence electrons. The summed E-state index contributed by atoms with van der Waals surface area (Å²) in [6.07, 6.45) is 1.09. The van der Waals surface area contributed by atoms with Gasteiger partial charge in [-0.2, -0.15) is 0 Å². The highest BCUT2D eigenvalue weighted by Gasteiger charge is 2.29. The minimum absolute atomic E-state index is 0.0134. The van der Waals surface area contributed by atoms with E-state index in [1.54, 1.807) is 18.2 Å². The van der Waals surface area contributed by atoms with Crippen LogP contribution in [0.3, 0.4) is 0 Å². The van der Waals surface area contributed by atoms with E-state index in [-0.39, 0.29) is 31.0 Å². The van der Waals surface area contributed by atoms with Crippen LogP contribution in [0, 0.1) is 0 Å². The Bertz CT molecular complexity index is 877. The first-order valence-corrected chi connectivity index (χ1v) is 8.67. The molecular weight excluding hydrogens is 334 g/mol. The first-order valence-electron chi connectivity index (χ1n) is 8.67. The Hall–Kier alpha value is -3.02. The van der Waals surface area contributed by atoms with Crippen LogP contribution >= 0.6 is 0 Å². The number of hydrogen-bond acceptors (Lipinski definition) is 5. The standard InChI is InChI=1S/C20H19NO5/c1-2-3-20(23)21-13-5-7-16-14(9-13)15(22)10-18(26-16)12-4-6-17-19(8-12)25-11-24-17/h4-9,18H,2-3,10-11H2,1H3,(H,21,23)/t18-/m0/s1. The average molecular weight is 353 g/mol. The van der Waals surface area contributed by atoms with E-state index in [1.165, 1.54) is 0 Å². The van der Waals surface area contributed by atoms with Crippen LogP contribution in [0.25, 0.3) is 0 Å². The molecule has 6 nitrogen and oxygen atoms in total. The van der Waals surface area contributed by atoms with E-state index in [1.807, 2.05) is 25.1 Å². The van der Waals surface area contributed by atoms with Gasteiger partial charge in [0.15, 0.2) is 17.3 Å². The van der Waals surface area contributed by atoms with Crippen molar-refractivity contribution >= 4 is 17.4 Å². The van der Waals surface area contributed by atoms with Gasteiger partial charge in [-0.15, -0.1) is 0 Å². The summed E-state index contributed by atoms with van der Waals surface area (Å²) >= 11 is 0. The number of benzene rings is 2. The summed E-state index contributed by atoms with van der Waals surface area (Å²) in [7, 11) is 0. The number of amides is 1. The highest BCUT2D eigenvalue weighted by atomic mass is 16.7. The lowest BCUT2D eigenvalue weighted by atomic mass is 9.95. The Morgan fingerprint density at radius 2 is 1.92 bits per heavy atom. The lowest BCUT2D eigenvalue weighted by Gasteiger charge is -2.26. The fourth-order valence-electron chi connectivity index (χ4n) is 3.15. The zero-order valence-electron chi connectivity index (χ0n) is 14.4. The molecule has 0 aliphatic carbocycles. The number of carbonyl (C=O) groups is 2. The summed E-state index contributed by atoms with van der Waals surface area (Å²) in [5, 5.41) is 2.81. The smallest absolute Gasteiger partial charge is 0.231 e. The monoisotopic (exact) mass is 353 g/mol. The van der Waals surface area contributed by atoms with E-state index in [0.29, 0.717) is 34.9 Å². The lowest BCUT2D eigenvalue weighted by Crippen LogP contribution is -2.21. The molecule has 0 radical (unpaired) electrons. The largest absolute Gasteiger partial charge is 0.484 e. The molecule has 0 unspecified atom stereocenters. The van der Waals surface area contributed by atoms with Gasteiger partial charge in [-0.1, -0.05) is 13.0 Å². The molecule has 4 rings (SSSR count). The van der Waals surface area contributed by atoms with Gasteiger partial charge in [-0.3, -0.25) is 9.59 Å². The summed E-state index contributed by atoms with van der Waals surface area (Å²) in [4.78, 5) is 24.4. The zero-order valence-corrected chi connectivity index (χ0v) is 14.4. The number of Topliss-reactive ketones (excluding diaryl/α,β-unsaturated/α-hetero) is 1. The molecule has 0 saturated carbocycles. The van der Waals surface area contributed by atoms with E-state index in [0.717, 1.165) is 12.0 Å². The molecule has 1 N–H and O–H groups in total. The molecule has 0 spiro atoms. The second-order valence-electron chi connectivity index (χ2n) is 6.36. The Morgan fingerprint density at radius 1 is 1.12 bits per heavy atom. The molecule has 0 saturated heterocycles. The van der Waals surface area contributed by atoms with Crippen LogP contribution in [0.4, 0.5) is 5.69 Å². The number of anilines is 1. The maximum atomic E-state index is 12.6. The van der Waals surface area contributed by atoms with Crippen molar-refractivity contribution in [3.63, 3.8) is 0 Å². The van der Waals surface area contributed by atoms with Crippen molar-refractivity contribution < 1.29 is 23.8 Å². The van der Waals surface area contributed by atoms with Gasteiger partial charge in [-0.25, -0.2) is 0 Å². The second kappa shape index (κ2) is 6.71. The third kappa shape index (κ3) is 3.10. The minimum atomic E-state index is -0.370. The number of hydrogen-bond donors (Lipinski definition) is 1. The number of carbonyl (C=O) groups excluding carboxylic acids is 2. The van der Waals surface area contributed by atoms with Gasteiger partial charge in [0.2, 0.25) is 12.7 Å². The van der Waals surface area contributed by atoms with Gasteiger partial charge < -0.3 is 19.5 Å². The van der Waals surface area contributed by atoms with Crippen molar-refractivity contribution in [1.29, 1.82) is 0 Å². The molecule has 2 aromatic rings. The quantitative estimate of drug-likeness (QED) is 0.903. The topological polar surface area (TPSA) is 73.9 Å². The number of fused-ring (bicyclic) bond motifs is 2. The molecule has 2 aliphatic heterocycles. The first kappa shape index (κ1) is 16.4. The van der Waals surface area contributed by atoms with Gasteiger partial charge in [0, 0.05) is 12.1 Å². The molecule has 2 aliphatic rings. The minimum Gasteiger partial charge on any atom is -0.484 e.